The summed E-state index contributed by atoms with van der Waals surface area (Å²) in [6.07, 6.45) is 4.01. The molecule has 0 aliphatic carbocycles. The summed E-state index contributed by atoms with van der Waals surface area (Å²) in [5.41, 5.74) is 1.44. The van der Waals surface area contributed by atoms with Gasteiger partial charge >= 0.3 is 0 Å². The molecule has 2 aromatic rings. The normalized spacial score (nSPS) is 21.9. The van der Waals surface area contributed by atoms with Crippen LogP contribution in [0.2, 0.25) is 0 Å². The lowest BCUT2D eigenvalue weighted by molar-refractivity contribution is 0.0556. The third kappa shape index (κ3) is 4.86. The average Bonchev–Trinajstić information content (AvgIpc) is 3.47. The van der Waals surface area contributed by atoms with Crippen LogP contribution in [0.4, 0.5) is 4.39 Å². The first kappa shape index (κ1) is 20.9. The van der Waals surface area contributed by atoms with Crippen LogP contribution in [0.1, 0.15) is 35.2 Å². The molecule has 3 heterocycles. The van der Waals surface area contributed by atoms with Crippen molar-refractivity contribution in [1.29, 1.82) is 0 Å². The Labute approximate surface area is 181 Å². The lowest BCUT2D eigenvalue weighted by Crippen LogP contribution is -2.49. The van der Waals surface area contributed by atoms with E-state index >= 15 is 0 Å². The third-order valence-electron chi connectivity index (χ3n) is 6.51. The van der Waals surface area contributed by atoms with Crippen LogP contribution in [0.3, 0.4) is 0 Å². The Hall–Kier alpha value is -1.37. The summed E-state index contributed by atoms with van der Waals surface area (Å²) in [5.74, 6) is 2.79. The zero-order valence-electron chi connectivity index (χ0n) is 16.9. The van der Waals surface area contributed by atoms with Gasteiger partial charge in [-0.1, -0.05) is 18.2 Å². The van der Waals surface area contributed by atoms with Crippen molar-refractivity contribution in [3.05, 3.63) is 58.0 Å². The highest BCUT2D eigenvalue weighted by Gasteiger charge is 2.34. The summed E-state index contributed by atoms with van der Waals surface area (Å²) < 4.78 is 14.4. The number of benzene rings is 1. The summed E-state index contributed by atoms with van der Waals surface area (Å²) in [6, 6.07) is 9.60. The fourth-order valence-corrected chi connectivity index (χ4v) is 6.61. The minimum atomic E-state index is -0.172. The Morgan fingerprint density at radius 2 is 2.03 bits per heavy atom. The standard InChI is InChI=1S/C23H29FN2OS2/c1-25(23(27)19-8-12-28-15-19)22(14-18-4-2-3-5-21(18)24)17-6-10-26(11-7-17)20-9-13-29-16-20/h2-5,8,12,15,17,20,22H,6-7,9-11,13-14,16H2,1H3. The lowest BCUT2D eigenvalue weighted by atomic mass is 9.84. The van der Waals surface area contributed by atoms with Crippen molar-refractivity contribution in [2.45, 2.75) is 37.8 Å². The van der Waals surface area contributed by atoms with E-state index < -0.39 is 0 Å². The van der Waals surface area contributed by atoms with Gasteiger partial charge in [0, 0.05) is 30.3 Å². The molecule has 6 heteroatoms. The Morgan fingerprint density at radius 1 is 1.24 bits per heavy atom. The summed E-state index contributed by atoms with van der Waals surface area (Å²) in [6.45, 7) is 2.17. The smallest absolute Gasteiger partial charge is 0.254 e. The Bertz CT molecular complexity index is 799. The van der Waals surface area contributed by atoms with Gasteiger partial charge in [-0.2, -0.15) is 23.1 Å². The molecule has 0 saturated carbocycles. The topological polar surface area (TPSA) is 23.6 Å². The number of likely N-dealkylation sites (N-methyl/N-ethyl adjacent to an activating group) is 1. The number of carbonyl (C=O) groups is 1. The highest BCUT2D eigenvalue weighted by Crippen LogP contribution is 2.31. The molecule has 1 aromatic carbocycles. The number of hydrogen-bond donors (Lipinski definition) is 0. The Balaban J connectivity index is 1.50. The lowest BCUT2D eigenvalue weighted by Gasteiger charge is -2.41. The second-order valence-corrected chi connectivity index (χ2v) is 10.1. The predicted molar refractivity (Wildman–Crippen MR) is 120 cm³/mol. The van der Waals surface area contributed by atoms with E-state index in [2.05, 4.69) is 16.7 Å². The Kier molecular flexibility index (Phi) is 6.93. The molecule has 2 aliphatic rings. The van der Waals surface area contributed by atoms with E-state index in [1.165, 1.54) is 35.3 Å². The third-order valence-corrected chi connectivity index (χ3v) is 8.34. The van der Waals surface area contributed by atoms with Crippen molar-refractivity contribution in [2.75, 3.05) is 31.6 Å². The molecule has 2 atom stereocenters. The number of nitrogens with zero attached hydrogens (tertiary/aromatic N) is 2. The number of carbonyl (C=O) groups excluding carboxylic acids is 1. The highest BCUT2D eigenvalue weighted by atomic mass is 32.2. The molecule has 156 valence electrons. The van der Waals surface area contributed by atoms with E-state index in [9.17, 15) is 9.18 Å². The van der Waals surface area contributed by atoms with Gasteiger partial charge in [-0.25, -0.2) is 4.39 Å². The molecule has 0 N–H and O–H groups in total. The molecular weight excluding hydrogens is 403 g/mol. The molecule has 0 bridgehead atoms. The molecule has 1 aromatic heterocycles. The second-order valence-electron chi connectivity index (χ2n) is 8.18. The molecule has 2 unspecified atom stereocenters. The van der Waals surface area contributed by atoms with Crippen LogP contribution in [-0.2, 0) is 6.42 Å². The van der Waals surface area contributed by atoms with Crippen LogP contribution in [-0.4, -0.2) is 59.4 Å². The molecule has 0 spiro atoms. The van der Waals surface area contributed by atoms with Gasteiger partial charge in [0.1, 0.15) is 5.82 Å². The first-order valence-corrected chi connectivity index (χ1v) is 12.6. The molecule has 0 radical (unpaired) electrons. The number of halogens is 1. The molecule has 1 amide bonds. The van der Waals surface area contributed by atoms with Crippen molar-refractivity contribution in [3.8, 4) is 0 Å². The van der Waals surface area contributed by atoms with Crippen LogP contribution in [0.15, 0.2) is 41.1 Å². The van der Waals surface area contributed by atoms with E-state index in [4.69, 9.17) is 0 Å². The summed E-state index contributed by atoms with van der Waals surface area (Å²) in [4.78, 5) is 17.6. The van der Waals surface area contributed by atoms with Crippen molar-refractivity contribution in [3.63, 3.8) is 0 Å². The zero-order valence-corrected chi connectivity index (χ0v) is 18.6. The molecule has 2 aliphatic heterocycles. The van der Waals surface area contributed by atoms with Crippen molar-refractivity contribution in [1.82, 2.24) is 9.80 Å². The number of amides is 1. The number of likely N-dealkylation sites (tertiary alicyclic amines) is 1. The van der Waals surface area contributed by atoms with Crippen LogP contribution >= 0.6 is 23.1 Å². The first-order chi connectivity index (χ1) is 14.1. The van der Waals surface area contributed by atoms with Crippen molar-refractivity contribution < 1.29 is 9.18 Å². The average molecular weight is 433 g/mol. The predicted octanol–water partition coefficient (Wildman–Crippen LogP) is 4.79. The number of rotatable bonds is 6. The molecule has 2 fully saturated rings. The minimum Gasteiger partial charge on any atom is -0.338 e. The van der Waals surface area contributed by atoms with E-state index in [0.29, 0.717) is 17.9 Å². The van der Waals surface area contributed by atoms with Crippen LogP contribution < -0.4 is 0 Å². The number of thioether (sulfide) groups is 1. The van der Waals surface area contributed by atoms with Crippen LogP contribution in [0, 0.1) is 11.7 Å². The van der Waals surface area contributed by atoms with Crippen molar-refractivity contribution in [2.24, 2.45) is 5.92 Å². The maximum Gasteiger partial charge on any atom is 0.254 e. The molecule has 2 saturated heterocycles. The van der Waals surface area contributed by atoms with E-state index in [1.54, 1.807) is 6.07 Å². The van der Waals surface area contributed by atoms with Gasteiger partial charge in [0.25, 0.3) is 5.91 Å². The van der Waals surface area contributed by atoms with E-state index in [-0.39, 0.29) is 17.8 Å². The maximum atomic E-state index is 14.4. The van der Waals surface area contributed by atoms with Crippen LogP contribution in [0.5, 0.6) is 0 Å². The summed E-state index contributed by atoms with van der Waals surface area (Å²) >= 11 is 3.60. The van der Waals surface area contributed by atoms with Gasteiger partial charge in [0.05, 0.1) is 5.56 Å². The summed E-state index contributed by atoms with van der Waals surface area (Å²) in [5, 5.41) is 3.84. The highest BCUT2D eigenvalue weighted by molar-refractivity contribution is 7.99. The second kappa shape index (κ2) is 9.63. The molecule has 4 rings (SSSR count). The van der Waals surface area contributed by atoms with E-state index in [0.717, 1.165) is 37.5 Å². The fraction of sp³-hybridized carbons (Fsp3) is 0.522. The van der Waals surface area contributed by atoms with E-state index in [1.807, 2.05) is 40.9 Å². The Morgan fingerprint density at radius 3 is 2.69 bits per heavy atom. The van der Waals surface area contributed by atoms with Gasteiger partial charge in [-0.15, -0.1) is 0 Å². The molecule has 29 heavy (non-hydrogen) atoms. The molecule has 3 nitrogen and oxygen atoms in total. The van der Waals surface area contributed by atoms with Gasteiger partial charge < -0.3 is 4.90 Å². The monoisotopic (exact) mass is 432 g/mol. The van der Waals surface area contributed by atoms with Gasteiger partial charge in [-0.3, -0.25) is 9.69 Å². The van der Waals surface area contributed by atoms with Gasteiger partial charge in [0.2, 0.25) is 0 Å². The number of hydrogen-bond acceptors (Lipinski definition) is 4. The number of thiophene rings is 1. The van der Waals surface area contributed by atoms with Gasteiger partial charge in [0.15, 0.2) is 0 Å². The quantitative estimate of drug-likeness (QED) is 0.656. The summed E-state index contributed by atoms with van der Waals surface area (Å²) in [7, 11) is 1.89. The van der Waals surface area contributed by atoms with Crippen LogP contribution in [0.25, 0.3) is 0 Å². The number of piperidine rings is 1. The first-order valence-electron chi connectivity index (χ1n) is 10.5. The van der Waals surface area contributed by atoms with Gasteiger partial charge in [-0.05, 0) is 73.5 Å². The minimum absolute atomic E-state index is 0.0133. The molecular formula is C23H29FN2OS2. The largest absolute Gasteiger partial charge is 0.338 e. The zero-order chi connectivity index (χ0) is 20.2. The maximum absolute atomic E-state index is 14.4. The SMILES string of the molecule is CN(C(=O)c1ccsc1)C(Cc1ccccc1F)C1CCN(C2CCSC2)CC1. The fourth-order valence-electron chi connectivity index (χ4n) is 4.73. The van der Waals surface area contributed by atoms with Crippen molar-refractivity contribution >= 4 is 29.0 Å².